The first kappa shape index (κ1) is 46.0. The number of carbonyl (C=O) groups is 3. The van der Waals surface area contributed by atoms with E-state index in [4.69, 9.17) is 14.2 Å². The van der Waals surface area contributed by atoms with Gasteiger partial charge in [-0.25, -0.2) is 0 Å². The number of ether oxygens (including phenoxy) is 3. The van der Waals surface area contributed by atoms with Crippen LogP contribution in [0.1, 0.15) is 129 Å². The summed E-state index contributed by atoms with van der Waals surface area (Å²) in [6.07, 6.45) is 36.7. The lowest BCUT2D eigenvalue weighted by Gasteiger charge is -2.34. The summed E-state index contributed by atoms with van der Waals surface area (Å²) in [4.78, 5) is 36.6. The van der Waals surface area contributed by atoms with Gasteiger partial charge in [0.15, 0.2) is 6.10 Å². The molecule has 0 aliphatic rings. The number of rotatable bonds is 32. The zero-order valence-electron chi connectivity index (χ0n) is 31.6. The molecule has 0 fully saturated rings. The zero-order valence-corrected chi connectivity index (χ0v) is 31.6. The van der Waals surface area contributed by atoms with Gasteiger partial charge < -0.3 is 28.6 Å². The average Bonchev–Trinajstić information content (AvgIpc) is 3.05. The highest BCUT2D eigenvalue weighted by Gasteiger charge is 2.25. The third kappa shape index (κ3) is 30.8. The van der Waals surface area contributed by atoms with Crippen molar-refractivity contribution in [2.24, 2.45) is 0 Å². The maximum Gasteiger partial charge on any atom is 0.306 e. The predicted octanol–water partition coefficient (Wildman–Crippen LogP) is 8.13. The number of unbranched alkanes of at least 4 members (excludes halogenated alkanes) is 12. The quantitative estimate of drug-likeness (QED) is 0.0305. The van der Waals surface area contributed by atoms with E-state index in [0.717, 1.165) is 51.4 Å². The molecule has 0 aromatic heterocycles. The molecule has 8 nitrogen and oxygen atoms in total. The number of carboxylic acid groups (broad SMARTS) is 1. The van der Waals surface area contributed by atoms with E-state index >= 15 is 0 Å². The number of nitrogens with zero attached hydrogens (tertiary/aromatic N) is 1. The third-order valence-corrected chi connectivity index (χ3v) is 8.05. The Morgan fingerprint density at radius 3 is 1.69 bits per heavy atom. The van der Waals surface area contributed by atoms with Gasteiger partial charge in [0.25, 0.3) is 0 Å². The first-order chi connectivity index (χ1) is 23.6. The summed E-state index contributed by atoms with van der Waals surface area (Å²) in [7, 11) is 5.37. The summed E-state index contributed by atoms with van der Waals surface area (Å²) >= 11 is 0. The second-order valence-electron chi connectivity index (χ2n) is 13.6. The standard InChI is InChI=1S/C41H69NO7/c1-6-8-10-12-14-16-18-19-20-21-22-24-25-27-29-31-39(43)48-36-37(35-47-34-33-38(41(45)46)42(3,4)5)49-40(44)32-30-28-26-23-17-15-13-11-9-7-2/h8,10,12,14,16,18-22,37-38H,6-7,9,11,13,15,17,23-36H2,1-5H3/b10-8+,14-12+,18-16+,20-19+,22-21+. The van der Waals surface area contributed by atoms with Crippen molar-refractivity contribution < 1.29 is 38.2 Å². The molecule has 0 aromatic rings. The van der Waals surface area contributed by atoms with Gasteiger partial charge >= 0.3 is 11.9 Å². The van der Waals surface area contributed by atoms with Crippen LogP contribution in [-0.4, -0.2) is 75.5 Å². The van der Waals surface area contributed by atoms with Gasteiger partial charge in [-0.05, 0) is 32.1 Å². The number of likely N-dealkylation sites (N-methyl/N-ethyl adjacent to an activating group) is 1. The van der Waals surface area contributed by atoms with Gasteiger partial charge in [0.2, 0.25) is 0 Å². The SMILES string of the molecule is CC/C=C/C=C/C=C/C=C/C=C/CCCCCC(=O)OCC(COCCC(C(=O)[O-])[N+](C)(C)C)OC(=O)CCCCCCCCCCCC. The Kier molecular flexibility index (Phi) is 30.3. The number of aliphatic carboxylic acids is 1. The number of carbonyl (C=O) groups excluding carboxylic acids is 3. The van der Waals surface area contributed by atoms with Gasteiger partial charge in [-0.2, -0.15) is 0 Å². The molecule has 0 rings (SSSR count). The van der Waals surface area contributed by atoms with Crippen LogP contribution >= 0.6 is 0 Å². The first-order valence-corrected chi connectivity index (χ1v) is 18.9. The van der Waals surface area contributed by atoms with E-state index in [9.17, 15) is 19.5 Å². The fourth-order valence-electron chi connectivity index (χ4n) is 5.09. The van der Waals surface area contributed by atoms with Crippen LogP contribution in [0.2, 0.25) is 0 Å². The third-order valence-electron chi connectivity index (χ3n) is 8.05. The van der Waals surface area contributed by atoms with Gasteiger partial charge in [-0.15, -0.1) is 0 Å². The molecule has 0 bridgehead atoms. The first-order valence-electron chi connectivity index (χ1n) is 18.9. The number of hydrogen-bond acceptors (Lipinski definition) is 7. The van der Waals surface area contributed by atoms with Gasteiger partial charge in [0.05, 0.1) is 40.3 Å². The summed E-state index contributed by atoms with van der Waals surface area (Å²) in [5, 5.41) is 11.6. The molecule has 0 N–H and O–H groups in total. The van der Waals surface area contributed by atoms with Crippen LogP contribution in [0.15, 0.2) is 60.8 Å². The maximum atomic E-state index is 12.6. The molecule has 0 amide bonds. The molecule has 0 heterocycles. The number of allylic oxidation sites excluding steroid dienone is 10. The van der Waals surface area contributed by atoms with Gasteiger partial charge in [0, 0.05) is 19.3 Å². The van der Waals surface area contributed by atoms with Crippen LogP contribution in [0.25, 0.3) is 0 Å². The summed E-state index contributed by atoms with van der Waals surface area (Å²) in [6, 6.07) is -0.732. The number of hydrogen-bond donors (Lipinski definition) is 0. The molecule has 0 radical (unpaired) electrons. The molecule has 0 aliphatic heterocycles. The summed E-state index contributed by atoms with van der Waals surface area (Å²) in [5.74, 6) is -1.80. The van der Waals surface area contributed by atoms with Crippen molar-refractivity contribution in [3.8, 4) is 0 Å². The van der Waals surface area contributed by atoms with Crippen molar-refractivity contribution in [3.63, 3.8) is 0 Å². The van der Waals surface area contributed by atoms with Gasteiger partial charge in [-0.3, -0.25) is 9.59 Å². The van der Waals surface area contributed by atoms with E-state index < -0.39 is 18.1 Å². The highest BCUT2D eigenvalue weighted by molar-refractivity contribution is 5.70. The highest BCUT2D eigenvalue weighted by atomic mass is 16.6. The molecular weight excluding hydrogens is 618 g/mol. The Balaban J connectivity index is 4.51. The van der Waals surface area contributed by atoms with Gasteiger partial charge in [0.1, 0.15) is 12.6 Å². The number of carboxylic acids is 1. The van der Waals surface area contributed by atoms with Crippen molar-refractivity contribution in [2.75, 3.05) is 41.0 Å². The fourth-order valence-corrected chi connectivity index (χ4v) is 5.09. The maximum absolute atomic E-state index is 12.6. The molecular formula is C41H69NO7. The molecule has 2 unspecified atom stereocenters. The normalized spacial score (nSPS) is 13.7. The molecule has 0 aromatic carbocycles. The monoisotopic (exact) mass is 688 g/mol. The smallest absolute Gasteiger partial charge is 0.306 e. The summed E-state index contributed by atoms with van der Waals surface area (Å²) in [6.45, 7) is 4.43. The summed E-state index contributed by atoms with van der Waals surface area (Å²) in [5.41, 5.74) is 0. The molecule has 8 heteroatoms. The van der Waals surface area contributed by atoms with E-state index in [1.807, 2.05) is 48.6 Å². The number of quaternary nitrogens is 1. The lowest BCUT2D eigenvalue weighted by molar-refractivity contribution is -0.889. The average molecular weight is 688 g/mol. The molecule has 0 saturated heterocycles. The van der Waals surface area contributed by atoms with Crippen LogP contribution in [0.5, 0.6) is 0 Å². The van der Waals surface area contributed by atoms with Crippen molar-refractivity contribution in [1.82, 2.24) is 0 Å². The number of esters is 2. The largest absolute Gasteiger partial charge is 0.544 e. The van der Waals surface area contributed by atoms with Crippen molar-refractivity contribution in [2.45, 2.75) is 142 Å². The second kappa shape index (κ2) is 32.2. The van der Waals surface area contributed by atoms with E-state index in [2.05, 4.69) is 26.0 Å². The van der Waals surface area contributed by atoms with E-state index in [-0.39, 0.29) is 42.7 Å². The molecule has 0 spiro atoms. The van der Waals surface area contributed by atoms with Crippen molar-refractivity contribution in [1.29, 1.82) is 0 Å². The highest BCUT2D eigenvalue weighted by Crippen LogP contribution is 2.13. The van der Waals surface area contributed by atoms with E-state index in [0.29, 0.717) is 12.8 Å². The molecule has 2 atom stereocenters. The Bertz CT molecular complexity index is 990. The fraction of sp³-hybridized carbons (Fsp3) is 0.683. The van der Waals surface area contributed by atoms with Crippen LogP contribution in [0.3, 0.4) is 0 Å². The lowest BCUT2D eigenvalue weighted by atomic mass is 10.1. The minimum atomic E-state index is -1.13. The van der Waals surface area contributed by atoms with Crippen LogP contribution in [-0.2, 0) is 28.6 Å². The van der Waals surface area contributed by atoms with Crippen LogP contribution < -0.4 is 5.11 Å². The second-order valence-corrected chi connectivity index (χ2v) is 13.6. The van der Waals surface area contributed by atoms with Crippen LogP contribution in [0.4, 0.5) is 0 Å². The minimum Gasteiger partial charge on any atom is -0.544 e. The topological polar surface area (TPSA) is 102 Å². The Morgan fingerprint density at radius 2 is 1.14 bits per heavy atom. The zero-order chi connectivity index (χ0) is 36.4. The Labute approximate surface area is 298 Å². The molecule has 49 heavy (non-hydrogen) atoms. The Morgan fingerprint density at radius 1 is 0.633 bits per heavy atom. The van der Waals surface area contributed by atoms with E-state index in [1.165, 1.54) is 44.9 Å². The molecule has 280 valence electrons. The Hall–Kier alpha value is -2.97. The molecule has 0 aliphatic carbocycles. The van der Waals surface area contributed by atoms with Gasteiger partial charge in [-0.1, -0.05) is 139 Å². The van der Waals surface area contributed by atoms with E-state index in [1.54, 1.807) is 21.1 Å². The van der Waals surface area contributed by atoms with Crippen molar-refractivity contribution in [3.05, 3.63) is 60.8 Å². The predicted molar refractivity (Wildman–Crippen MR) is 199 cm³/mol. The minimum absolute atomic E-state index is 0.0253. The lowest BCUT2D eigenvalue weighted by Crippen LogP contribution is -2.55. The molecule has 0 saturated carbocycles. The van der Waals surface area contributed by atoms with Crippen molar-refractivity contribution >= 4 is 17.9 Å². The van der Waals surface area contributed by atoms with Crippen LogP contribution in [0, 0.1) is 0 Å². The summed E-state index contributed by atoms with van der Waals surface area (Å²) < 4.78 is 17.0.